The Balaban J connectivity index is 0.000000234. The van der Waals surface area contributed by atoms with Gasteiger partial charge in [0.05, 0.1) is 0 Å². The number of halogens is 2. The molecule has 0 radical (unpaired) electrons. The summed E-state index contributed by atoms with van der Waals surface area (Å²) in [5, 5.41) is 8.43. The number of hydrogen-bond acceptors (Lipinski definition) is 2. The van der Waals surface area contributed by atoms with Gasteiger partial charge in [-0.05, 0) is 104 Å². The van der Waals surface area contributed by atoms with Crippen molar-refractivity contribution in [3.63, 3.8) is 0 Å². The molecule has 2 heterocycles. The Kier molecular flexibility index (Phi) is 23.2. The zero-order valence-corrected chi connectivity index (χ0v) is 42.0. The number of aryl methyl sites for hydroxylation is 2. The van der Waals surface area contributed by atoms with Crippen molar-refractivity contribution in [1.29, 1.82) is 0 Å². The SMILES string of the molecule is C1CCOC1.C1CCOC1.Cc1c[c-]ccc1C#Cc1ccc(Br)cc1C.[Br-].[Pt+2].c1ccc(P(c2ccccc2)c2ccccc2P(c2ccccc2)c2ccccc2)cc1. The Labute approximate surface area is 400 Å². The largest absolute Gasteiger partial charge is 2.00 e. The zero-order chi connectivity index (χ0) is 40.9. The van der Waals surface area contributed by atoms with Crippen molar-refractivity contribution in [2.24, 2.45) is 0 Å². The number of ether oxygens (including phenoxy) is 2. The molecule has 0 unspecified atom stereocenters. The maximum Gasteiger partial charge on any atom is 2.00 e. The van der Waals surface area contributed by atoms with E-state index in [2.05, 4.69) is 199 Å². The number of hydrogen-bond donors (Lipinski definition) is 0. The van der Waals surface area contributed by atoms with E-state index < -0.39 is 15.8 Å². The smallest absolute Gasteiger partial charge is 1.00 e. The fraction of sp³-hybridized carbons (Fsp3) is 0.185. The van der Waals surface area contributed by atoms with E-state index in [1.165, 1.54) is 63.1 Å². The van der Waals surface area contributed by atoms with Crippen LogP contribution in [0.3, 0.4) is 0 Å². The fourth-order valence-corrected chi connectivity index (χ4v) is 12.3. The summed E-state index contributed by atoms with van der Waals surface area (Å²) in [7, 11) is -1.33. The molecule has 0 bridgehead atoms. The average molecular weight is 1150 g/mol. The minimum Gasteiger partial charge on any atom is -1.00 e. The van der Waals surface area contributed by atoms with Crippen molar-refractivity contribution in [3.05, 3.63) is 215 Å². The summed E-state index contributed by atoms with van der Waals surface area (Å²) in [6, 6.07) is 68.1. The molecule has 2 fully saturated rings. The van der Waals surface area contributed by atoms with E-state index in [1.54, 1.807) is 0 Å². The Morgan fingerprint density at radius 3 is 1.16 bits per heavy atom. The summed E-state index contributed by atoms with van der Waals surface area (Å²) in [4.78, 5) is 0. The Morgan fingerprint density at radius 2 is 0.836 bits per heavy atom. The summed E-state index contributed by atoms with van der Waals surface area (Å²) >= 11 is 3.45. The monoisotopic (exact) mass is 1150 g/mol. The van der Waals surface area contributed by atoms with Gasteiger partial charge in [-0.15, -0.1) is 5.56 Å². The standard InChI is InChI=1S/C30H24P2.C16H12Br.2C4H8O.BrH.Pt/c1-5-15-25(16-6-1)31(26-17-7-2-8-18-26)29-23-13-14-24-30(29)32(27-19-9-3-10-20-27)28-21-11-4-12-22-28;1-12-5-3-4-6-14(12)7-8-15-9-10-16(17)11-13(15)2;2*1-2-4-5-3-1;;/h1-24H;4-6,9-11H,1-2H3;2*1-4H2;1H;/q;-1;;;;+2/p-1. The van der Waals surface area contributed by atoms with Gasteiger partial charge in [0.25, 0.3) is 0 Å². The summed E-state index contributed by atoms with van der Waals surface area (Å²) in [6.45, 7) is 8.12. The van der Waals surface area contributed by atoms with Gasteiger partial charge < -0.3 is 26.5 Å². The van der Waals surface area contributed by atoms with Crippen molar-refractivity contribution >= 4 is 63.6 Å². The molecule has 0 spiro atoms. The van der Waals surface area contributed by atoms with Crippen molar-refractivity contribution in [2.45, 2.75) is 39.5 Å². The van der Waals surface area contributed by atoms with E-state index in [1.807, 2.05) is 30.3 Å². The molecule has 0 saturated carbocycles. The molecular weight excluding hydrogens is 1100 g/mol. The van der Waals surface area contributed by atoms with Gasteiger partial charge in [-0.1, -0.05) is 186 Å². The molecule has 0 N–H and O–H groups in total. The van der Waals surface area contributed by atoms with Crippen molar-refractivity contribution in [1.82, 2.24) is 0 Å². The maximum atomic E-state index is 4.94. The van der Waals surface area contributed by atoms with Gasteiger partial charge in [0, 0.05) is 36.5 Å². The molecular formula is C54H52Br2O2P2Pt. The first kappa shape index (κ1) is 50.2. The Hall–Kier alpha value is -3.47. The zero-order valence-electron chi connectivity index (χ0n) is 34.8. The van der Waals surface area contributed by atoms with Crippen LogP contribution in [0.5, 0.6) is 0 Å². The second kappa shape index (κ2) is 28.3. The van der Waals surface area contributed by atoms with Gasteiger partial charge in [0.2, 0.25) is 0 Å². The summed E-state index contributed by atoms with van der Waals surface area (Å²) < 4.78 is 11.0. The van der Waals surface area contributed by atoms with Crippen molar-refractivity contribution < 1.29 is 47.5 Å². The fourth-order valence-electron chi connectivity index (χ4n) is 6.58. The first-order valence-corrected chi connectivity index (χ1v) is 23.9. The molecule has 2 aliphatic rings. The van der Waals surface area contributed by atoms with Crippen LogP contribution < -0.4 is 48.8 Å². The predicted octanol–water partition coefficient (Wildman–Crippen LogP) is 8.06. The number of benzene rings is 7. The first-order chi connectivity index (χ1) is 29.1. The molecule has 2 nitrogen and oxygen atoms in total. The number of rotatable bonds is 6. The van der Waals surface area contributed by atoms with Crippen LogP contribution in [-0.2, 0) is 30.5 Å². The van der Waals surface area contributed by atoms with Crippen molar-refractivity contribution in [3.8, 4) is 11.8 Å². The molecule has 7 heteroatoms. The molecule has 0 aliphatic carbocycles. The van der Waals surface area contributed by atoms with Crippen LogP contribution in [0.15, 0.2) is 186 Å². The van der Waals surface area contributed by atoms with Crippen LogP contribution in [0.1, 0.15) is 47.9 Å². The molecule has 7 aromatic rings. The van der Waals surface area contributed by atoms with Gasteiger partial charge >= 0.3 is 21.1 Å². The molecule has 2 saturated heterocycles. The molecule has 0 amide bonds. The Morgan fingerprint density at radius 1 is 0.475 bits per heavy atom. The van der Waals surface area contributed by atoms with E-state index >= 15 is 0 Å². The predicted molar refractivity (Wildman–Crippen MR) is 259 cm³/mol. The third-order valence-corrected chi connectivity index (χ3v) is 15.3. The van der Waals surface area contributed by atoms with Gasteiger partial charge in [0.1, 0.15) is 0 Å². The van der Waals surface area contributed by atoms with E-state index in [9.17, 15) is 0 Å². The van der Waals surface area contributed by atoms with E-state index in [-0.39, 0.29) is 38.0 Å². The van der Waals surface area contributed by atoms with Gasteiger partial charge in [-0.3, -0.25) is 0 Å². The third-order valence-electron chi connectivity index (χ3n) is 9.67. The molecule has 314 valence electrons. The third kappa shape index (κ3) is 16.0. The summed E-state index contributed by atoms with van der Waals surface area (Å²) in [5.74, 6) is 6.42. The van der Waals surface area contributed by atoms with Gasteiger partial charge in [-0.2, -0.15) is 24.3 Å². The van der Waals surface area contributed by atoms with E-state index in [4.69, 9.17) is 9.47 Å². The van der Waals surface area contributed by atoms with Crippen LogP contribution >= 0.6 is 31.8 Å². The van der Waals surface area contributed by atoms with E-state index in [0.29, 0.717) is 0 Å². The minimum absolute atomic E-state index is 0. The minimum atomic E-state index is -0.664. The Bertz CT molecular complexity index is 2140. The van der Waals surface area contributed by atoms with E-state index in [0.717, 1.165) is 47.6 Å². The second-order valence-electron chi connectivity index (χ2n) is 14.1. The van der Waals surface area contributed by atoms with Crippen LogP contribution in [0, 0.1) is 31.8 Å². The molecule has 9 rings (SSSR count). The quantitative estimate of drug-likeness (QED) is 0.0955. The first-order valence-electron chi connectivity index (χ1n) is 20.4. The normalized spacial score (nSPS) is 12.4. The maximum absolute atomic E-state index is 4.94. The summed E-state index contributed by atoms with van der Waals surface area (Å²) in [6.07, 6.45) is 5.11. The van der Waals surface area contributed by atoms with Gasteiger partial charge in [-0.25, -0.2) is 0 Å². The molecule has 2 aliphatic heterocycles. The topological polar surface area (TPSA) is 18.5 Å². The summed E-state index contributed by atoms with van der Waals surface area (Å²) in [5.41, 5.74) is 4.48. The van der Waals surface area contributed by atoms with Gasteiger partial charge in [0.15, 0.2) is 0 Å². The molecule has 0 aromatic heterocycles. The average Bonchev–Trinajstić information content (AvgIpc) is 4.08. The molecule has 61 heavy (non-hydrogen) atoms. The molecule has 0 atom stereocenters. The van der Waals surface area contributed by atoms with Crippen molar-refractivity contribution in [2.75, 3.05) is 26.4 Å². The molecule has 7 aromatic carbocycles. The van der Waals surface area contributed by atoms with Crippen LogP contribution in [0.25, 0.3) is 0 Å². The second-order valence-corrected chi connectivity index (χ2v) is 19.4. The van der Waals surface area contributed by atoms with Crippen LogP contribution in [0.4, 0.5) is 0 Å². The van der Waals surface area contributed by atoms with Crippen LogP contribution in [0.2, 0.25) is 0 Å². The van der Waals surface area contributed by atoms with Crippen LogP contribution in [-0.4, -0.2) is 26.4 Å².